The molecule has 0 radical (unpaired) electrons. The zero-order chi connectivity index (χ0) is 13.8. The first-order valence-corrected chi connectivity index (χ1v) is 7.72. The van der Waals surface area contributed by atoms with Crippen LogP contribution in [0.4, 0.5) is 4.39 Å². The maximum absolute atomic E-state index is 13.5. The summed E-state index contributed by atoms with van der Waals surface area (Å²) in [6, 6.07) is 6.71. The first-order chi connectivity index (χ1) is 9.83. The molecule has 0 saturated carbocycles. The molecule has 0 spiro atoms. The van der Waals surface area contributed by atoms with Gasteiger partial charge in [-0.3, -0.25) is 0 Å². The van der Waals surface area contributed by atoms with Crippen molar-refractivity contribution in [1.29, 1.82) is 0 Å². The molecule has 0 aliphatic carbocycles. The number of nitrogens with zero attached hydrogens (tertiary/aromatic N) is 2. The van der Waals surface area contributed by atoms with Crippen LogP contribution in [0.25, 0.3) is 0 Å². The molecular weight excluding hydrogens is 277 g/mol. The third-order valence-corrected chi connectivity index (χ3v) is 4.37. The van der Waals surface area contributed by atoms with Crippen LogP contribution in [0.3, 0.4) is 0 Å². The third kappa shape index (κ3) is 3.19. The van der Waals surface area contributed by atoms with E-state index in [-0.39, 0.29) is 5.82 Å². The Hall–Kier alpha value is -1.40. The summed E-state index contributed by atoms with van der Waals surface area (Å²) >= 11 is 1.38. The molecule has 1 saturated heterocycles. The Morgan fingerprint density at radius 1 is 1.40 bits per heavy atom. The molecule has 1 aromatic heterocycles. The third-order valence-electron chi connectivity index (χ3n) is 3.32. The van der Waals surface area contributed by atoms with Crippen molar-refractivity contribution in [2.24, 2.45) is 0 Å². The fraction of sp³-hybridized carbons (Fsp3) is 0.429. The Morgan fingerprint density at radius 3 is 3.10 bits per heavy atom. The molecule has 6 heteroatoms. The average Bonchev–Trinajstić information content (AvgIpc) is 2.96. The second-order valence-electron chi connectivity index (χ2n) is 4.81. The summed E-state index contributed by atoms with van der Waals surface area (Å²) in [7, 11) is 0. The smallest absolute Gasteiger partial charge is 0.231 e. The Bertz CT molecular complexity index is 569. The lowest BCUT2D eigenvalue weighted by molar-refractivity contribution is 0.320. The monoisotopic (exact) mass is 293 g/mol. The van der Waals surface area contributed by atoms with Gasteiger partial charge in [-0.25, -0.2) is 4.39 Å². The van der Waals surface area contributed by atoms with Crippen LogP contribution in [-0.4, -0.2) is 23.2 Å². The van der Waals surface area contributed by atoms with Gasteiger partial charge < -0.3 is 9.84 Å². The van der Waals surface area contributed by atoms with Gasteiger partial charge in [0.2, 0.25) is 5.89 Å². The molecule has 2 heterocycles. The number of thioether (sulfide) groups is 1. The van der Waals surface area contributed by atoms with Crippen molar-refractivity contribution in [3.05, 3.63) is 41.8 Å². The van der Waals surface area contributed by atoms with E-state index in [2.05, 4.69) is 15.5 Å². The number of halogens is 1. The predicted molar refractivity (Wildman–Crippen MR) is 75.1 cm³/mol. The summed E-state index contributed by atoms with van der Waals surface area (Å²) in [6.45, 7) is 1.95. The minimum absolute atomic E-state index is 0.210. The Labute approximate surface area is 121 Å². The van der Waals surface area contributed by atoms with E-state index in [0.29, 0.717) is 28.3 Å². The van der Waals surface area contributed by atoms with Crippen LogP contribution in [-0.2, 0) is 5.75 Å². The molecule has 1 aromatic carbocycles. The van der Waals surface area contributed by atoms with Gasteiger partial charge >= 0.3 is 0 Å². The number of hydrogen-bond acceptors (Lipinski definition) is 5. The largest absolute Gasteiger partial charge is 0.339 e. The quantitative estimate of drug-likeness (QED) is 0.878. The van der Waals surface area contributed by atoms with Crippen LogP contribution in [0, 0.1) is 5.82 Å². The highest BCUT2D eigenvalue weighted by atomic mass is 32.2. The van der Waals surface area contributed by atoms with Crippen LogP contribution < -0.4 is 5.32 Å². The van der Waals surface area contributed by atoms with Crippen molar-refractivity contribution in [2.75, 3.05) is 13.1 Å². The van der Waals surface area contributed by atoms with Crippen molar-refractivity contribution in [1.82, 2.24) is 15.5 Å². The van der Waals surface area contributed by atoms with Gasteiger partial charge in [-0.1, -0.05) is 17.3 Å². The highest BCUT2D eigenvalue weighted by Crippen LogP contribution is 2.26. The average molecular weight is 293 g/mol. The molecule has 1 N–H and O–H groups in total. The van der Waals surface area contributed by atoms with E-state index in [0.717, 1.165) is 25.9 Å². The molecule has 1 fully saturated rings. The zero-order valence-electron chi connectivity index (χ0n) is 11.0. The lowest BCUT2D eigenvalue weighted by Crippen LogP contribution is -2.28. The van der Waals surface area contributed by atoms with Gasteiger partial charge in [0.25, 0.3) is 0 Å². The summed E-state index contributed by atoms with van der Waals surface area (Å²) in [5.41, 5.74) is 0. The highest BCUT2D eigenvalue weighted by molar-refractivity contribution is 7.98. The van der Waals surface area contributed by atoms with E-state index in [1.165, 1.54) is 17.8 Å². The fourth-order valence-electron chi connectivity index (χ4n) is 2.26. The molecule has 1 aliphatic rings. The van der Waals surface area contributed by atoms with Gasteiger partial charge in [-0.2, -0.15) is 4.98 Å². The lowest BCUT2D eigenvalue weighted by atomic mass is 10.00. The molecule has 106 valence electrons. The topological polar surface area (TPSA) is 51.0 Å². The normalized spacial score (nSPS) is 19.1. The van der Waals surface area contributed by atoms with Gasteiger partial charge in [0, 0.05) is 11.4 Å². The van der Waals surface area contributed by atoms with Crippen LogP contribution in [0.2, 0.25) is 0 Å². The number of nitrogens with one attached hydrogen (secondary N) is 1. The first-order valence-electron chi connectivity index (χ1n) is 6.73. The number of hydrogen-bond donors (Lipinski definition) is 1. The van der Waals surface area contributed by atoms with E-state index in [4.69, 9.17) is 4.52 Å². The molecule has 4 nitrogen and oxygen atoms in total. The van der Waals surface area contributed by atoms with Gasteiger partial charge in [-0.05, 0) is 31.5 Å². The second kappa shape index (κ2) is 6.37. The van der Waals surface area contributed by atoms with Crippen LogP contribution in [0.5, 0.6) is 0 Å². The van der Waals surface area contributed by atoms with Crippen LogP contribution in [0.1, 0.15) is 30.5 Å². The minimum atomic E-state index is -0.210. The molecule has 1 atom stereocenters. The Balaban J connectivity index is 1.61. The van der Waals surface area contributed by atoms with Crippen molar-refractivity contribution < 1.29 is 8.91 Å². The van der Waals surface area contributed by atoms with Crippen molar-refractivity contribution in [3.8, 4) is 0 Å². The Kier molecular flexibility index (Phi) is 4.32. The second-order valence-corrected chi connectivity index (χ2v) is 5.83. The van der Waals surface area contributed by atoms with Crippen LogP contribution in [0.15, 0.2) is 33.7 Å². The molecule has 20 heavy (non-hydrogen) atoms. The molecule has 3 rings (SSSR count). The number of rotatable bonds is 4. The highest BCUT2D eigenvalue weighted by Gasteiger charge is 2.21. The summed E-state index contributed by atoms with van der Waals surface area (Å²) < 4.78 is 18.8. The number of benzene rings is 1. The standard InChI is InChI=1S/C14H16FN3OS/c15-11-5-1-2-6-12(11)20-9-13-17-14(19-18-13)10-4-3-7-16-8-10/h1-2,5-6,10,16H,3-4,7-9H2/t10-/m0/s1. The minimum Gasteiger partial charge on any atom is -0.339 e. The molecule has 0 amide bonds. The zero-order valence-corrected chi connectivity index (χ0v) is 11.8. The van der Waals surface area contributed by atoms with E-state index in [9.17, 15) is 4.39 Å². The SMILES string of the molecule is Fc1ccccc1SCc1noc([C@H]2CCCNC2)n1. The maximum atomic E-state index is 13.5. The first kappa shape index (κ1) is 13.6. The molecular formula is C14H16FN3OS. The van der Waals surface area contributed by atoms with E-state index >= 15 is 0 Å². The number of aromatic nitrogens is 2. The molecule has 0 bridgehead atoms. The Morgan fingerprint density at radius 2 is 2.30 bits per heavy atom. The molecule has 1 aliphatic heterocycles. The maximum Gasteiger partial charge on any atom is 0.231 e. The fourth-order valence-corrected chi connectivity index (χ4v) is 3.04. The van der Waals surface area contributed by atoms with Gasteiger partial charge in [0.1, 0.15) is 5.82 Å². The summed E-state index contributed by atoms with van der Waals surface area (Å²) in [6.07, 6.45) is 2.21. The lowest BCUT2D eigenvalue weighted by Gasteiger charge is -2.18. The van der Waals surface area contributed by atoms with Crippen molar-refractivity contribution in [3.63, 3.8) is 0 Å². The predicted octanol–water partition coefficient (Wildman–Crippen LogP) is 2.97. The molecule has 0 unspecified atom stereocenters. The van der Waals surface area contributed by atoms with Gasteiger partial charge in [0.15, 0.2) is 5.82 Å². The van der Waals surface area contributed by atoms with E-state index in [1.54, 1.807) is 12.1 Å². The van der Waals surface area contributed by atoms with E-state index < -0.39 is 0 Å². The van der Waals surface area contributed by atoms with Gasteiger partial charge in [-0.15, -0.1) is 11.8 Å². The molecule has 2 aromatic rings. The van der Waals surface area contributed by atoms with Crippen LogP contribution >= 0.6 is 11.8 Å². The summed E-state index contributed by atoms with van der Waals surface area (Å²) in [5.74, 6) is 1.94. The van der Waals surface area contributed by atoms with Crippen molar-refractivity contribution >= 4 is 11.8 Å². The summed E-state index contributed by atoms with van der Waals surface area (Å²) in [4.78, 5) is 5.03. The summed E-state index contributed by atoms with van der Waals surface area (Å²) in [5, 5.41) is 7.30. The van der Waals surface area contributed by atoms with Gasteiger partial charge in [0.05, 0.1) is 11.7 Å². The van der Waals surface area contributed by atoms with Crippen molar-refractivity contribution in [2.45, 2.75) is 29.4 Å². The number of piperidine rings is 1. The van der Waals surface area contributed by atoms with E-state index in [1.807, 2.05) is 6.07 Å².